The van der Waals surface area contributed by atoms with Crippen LogP contribution in [0.25, 0.3) is 0 Å². The molecule has 0 bridgehead atoms. The van der Waals surface area contributed by atoms with Crippen LogP contribution in [-0.2, 0) is 16.0 Å². The van der Waals surface area contributed by atoms with Gasteiger partial charge in [-0.15, -0.1) is 0 Å². The Labute approximate surface area is 109 Å². The quantitative estimate of drug-likeness (QED) is 0.713. The van der Waals surface area contributed by atoms with E-state index in [0.29, 0.717) is 5.69 Å². The van der Waals surface area contributed by atoms with Gasteiger partial charge in [-0.1, -0.05) is 0 Å². The molecule has 0 radical (unpaired) electrons. The Morgan fingerprint density at radius 2 is 2.50 bits per heavy atom. The Kier molecular flexibility index (Phi) is 4.24. The normalized spacial score (nSPS) is 20.6. The molecule has 2 atom stereocenters. The van der Waals surface area contributed by atoms with Crippen molar-refractivity contribution in [3.05, 3.63) is 18.2 Å². The molecule has 1 saturated heterocycles. The van der Waals surface area contributed by atoms with Gasteiger partial charge in [0.2, 0.25) is 5.91 Å². The van der Waals surface area contributed by atoms with Crippen molar-refractivity contribution in [3.8, 4) is 0 Å². The van der Waals surface area contributed by atoms with Gasteiger partial charge in [-0.05, 0) is 12.2 Å². The van der Waals surface area contributed by atoms with Gasteiger partial charge < -0.3 is 15.4 Å². The minimum absolute atomic E-state index is 0.0568. The largest absolute Gasteiger partial charge is 0.480 e. The fraction of sp³-hybridized carbons (Fsp3) is 0.545. The fourth-order valence-corrected chi connectivity index (χ4v) is 3.07. The molecule has 0 aliphatic carbocycles. The summed E-state index contributed by atoms with van der Waals surface area (Å²) in [4.78, 5) is 29.7. The zero-order chi connectivity index (χ0) is 13.0. The van der Waals surface area contributed by atoms with E-state index < -0.39 is 12.0 Å². The van der Waals surface area contributed by atoms with Crippen LogP contribution in [0.5, 0.6) is 0 Å². The van der Waals surface area contributed by atoms with Crippen molar-refractivity contribution in [1.82, 2.24) is 15.3 Å². The molecule has 18 heavy (non-hydrogen) atoms. The molecule has 0 spiro atoms. The predicted octanol–water partition coefficient (Wildman–Crippen LogP) is 0.275. The lowest BCUT2D eigenvalue weighted by molar-refractivity contribution is -0.142. The summed E-state index contributed by atoms with van der Waals surface area (Å²) in [6.07, 6.45) is 4.10. The molecule has 0 saturated carbocycles. The Morgan fingerprint density at radius 3 is 3.06 bits per heavy atom. The standard InChI is InChI=1S/C11H15N3O3S/c15-10(7-1-2-18-5-7)14-9(11(16)17)3-8-4-12-6-13-8/h4,6-7,9H,1-3,5H2,(H,12,13)(H,14,15)(H,16,17). The monoisotopic (exact) mass is 269 g/mol. The number of hydrogen-bond donors (Lipinski definition) is 3. The maximum Gasteiger partial charge on any atom is 0.326 e. The van der Waals surface area contributed by atoms with Gasteiger partial charge in [0.25, 0.3) is 0 Å². The van der Waals surface area contributed by atoms with E-state index in [9.17, 15) is 9.59 Å². The van der Waals surface area contributed by atoms with Gasteiger partial charge in [-0.2, -0.15) is 11.8 Å². The second kappa shape index (κ2) is 5.90. The van der Waals surface area contributed by atoms with E-state index in [-0.39, 0.29) is 18.2 Å². The molecule has 6 nitrogen and oxygen atoms in total. The maximum absolute atomic E-state index is 11.9. The molecule has 1 fully saturated rings. The first-order valence-corrected chi connectivity index (χ1v) is 6.90. The number of thioether (sulfide) groups is 1. The van der Waals surface area contributed by atoms with Crippen LogP contribution < -0.4 is 5.32 Å². The highest BCUT2D eigenvalue weighted by Crippen LogP contribution is 2.23. The van der Waals surface area contributed by atoms with Gasteiger partial charge >= 0.3 is 5.97 Å². The Hall–Kier alpha value is -1.50. The van der Waals surface area contributed by atoms with Crippen molar-refractivity contribution in [3.63, 3.8) is 0 Å². The first-order chi connectivity index (χ1) is 8.66. The molecule has 0 aromatic carbocycles. The lowest BCUT2D eigenvalue weighted by atomic mass is 10.1. The van der Waals surface area contributed by atoms with Gasteiger partial charge in [-0.25, -0.2) is 9.78 Å². The zero-order valence-corrected chi connectivity index (χ0v) is 10.6. The van der Waals surface area contributed by atoms with E-state index in [2.05, 4.69) is 15.3 Å². The average molecular weight is 269 g/mol. The number of carbonyl (C=O) groups is 2. The molecule has 1 aliphatic heterocycles. The molecule has 98 valence electrons. The number of nitrogens with one attached hydrogen (secondary N) is 2. The highest BCUT2D eigenvalue weighted by atomic mass is 32.2. The van der Waals surface area contributed by atoms with E-state index in [0.717, 1.165) is 17.9 Å². The summed E-state index contributed by atoms with van der Waals surface area (Å²) in [6.45, 7) is 0. The number of carboxylic acid groups (broad SMARTS) is 1. The minimum Gasteiger partial charge on any atom is -0.480 e. The number of aromatic amines is 1. The minimum atomic E-state index is -1.02. The number of aromatic nitrogens is 2. The van der Waals surface area contributed by atoms with E-state index in [1.54, 1.807) is 18.0 Å². The van der Waals surface area contributed by atoms with Crippen molar-refractivity contribution >= 4 is 23.6 Å². The second-order valence-corrected chi connectivity index (χ2v) is 5.39. The summed E-state index contributed by atoms with van der Waals surface area (Å²) in [7, 11) is 0. The van der Waals surface area contributed by atoms with E-state index in [4.69, 9.17) is 5.11 Å². The predicted molar refractivity (Wildman–Crippen MR) is 67.3 cm³/mol. The van der Waals surface area contributed by atoms with Crippen LogP contribution in [0.2, 0.25) is 0 Å². The van der Waals surface area contributed by atoms with Crippen LogP contribution in [0.3, 0.4) is 0 Å². The van der Waals surface area contributed by atoms with Crippen molar-refractivity contribution in [2.45, 2.75) is 18.9 Å². The topological polar surface area (TPSA) is 95.1 Å². The van der Waals surface area contributed by atoms with Crippen LogP contribution in [0.4, 0.5) is 0 Å². The molecule has 2 heterocycles. The summed E-state index contributed by atoms with van der Waals surface area (Å²) >= 11 is 1.73. The van der Waals surface area contributed by atoms with Crippen LogP contribution in [-0.4, -0.2) is 44.5 Å². The molecule has 2 rings (SSSR count). The van der Waals surface area contributed by atoms with Crippen molar-refractivity contribution < 1.29 is 14.7 Å². The lowest BCUT2D eigenvalue weighted by Gasteiger charge is -2.16. The highest BCUT2D eigenvalue weighted by Gasteiger charge is 2.28. The third-order valence-corrected chi connectivity index (χ3v) is 4.06. The summed E-state index contributed by atoms with van der Waals surface area (Å²) in [5.74, 6) is 0.507. The third kappa shape index (κ3) is 3.25. The second-order valence-electron chi connectivity index (χ2n) is 4.24. The fourth-order valence-electron chi connectivity index (χ4n) is 1.85. The Balaban J connectivity index is 1.93. The van der Waals surface area contributed by atoms with Crippen LogP contribution in [0.1, 0.15) is 12.1 Å². The highest BCUT2D eigenvalue weighted by molar-refractivity contribution is 7.99. The van der Waals surface area contributed by atoms with Crippen molar-refractivity contribution in [2.75, 3.05) is 11.5 Å². The Bertz CT molecular complexity index is 415. The summed E-state index contributed by atoms with van der Waals surface area (Å²) < 4.78 is 0. The number of imidazole rings is 1. The Morgan fingerprint density at radius 1 is 1.67 bits per heavy atom. The first-order valence-electron chi connectivity index (χ1n) is 5.75. The molecule has 1 aromatic heterocycles. The number of amides is 1. The molecule has 1 amide bonds. The number of aliphatic carboxylic acids is 1. The van der Waals surface area contributed by atoms with E-state index >= 15 is 0 Å². The van der Waals surface area contributed by atoms with Gasteiger partial charge in [0.15, 0.2) is 0 Å². The number of nitrogens with zero attached hydrogens (tertiary/aromatic N) is 1. The maximum atomic E-state index is 11.9. The molecule has 1 aromatic rings. The smallest absolute Gasteiger partial charge is 0.326 e. The third-order valence-electron chi connectivity index (χ3n) is 2.89. The molecule has 3 N–H and O–H groups in total. The number of carbonyl (C=O) groups excluding carboxylic acids is 1. The van der Waals surface area contributed by atoms with Crippen molar-refractivity contribution in [1.29, 1.82) is 0 Å². The van der Waals surface area contributed by atoms with Gasteiger partial charge in [-0.3, -0.25) is 4.79 Å². The molecular weight excluding hydrogens is 254 g/mol. The number of H-pyrrole nitrogens is 1. The average Bonchev–Trinajstić information content (AvgIpc) is 3.00. The lowest BCUT2D eigenvalue weighted by Crippen LogP contribution is -2.45. The molecule has 7 heteroatoms. The van der Waals surface area contributed by atoms with Crippen LogP contribution in [0.15, 0.2) is 12.5 Å². The van der Waals surface area contributed by atoms with Crippen molar-refractivity contribution in [2.24, 2.45) is 5.92 Å². The zero-order valence-electron chi connectivity index (χ0n) is 9.76. The number of carboxylic acids is 1. The molecule has 2 unspecified atom stereocenters. The number of hydrogen-bond acceptors (Lipinski definition) is 4. The van der Waals surface area contributed by atoms with Gasteiger partial charge in [0, 0.05) is 30.0 Å². The van der Waals surface area contributed by atoms with Crippen LogP contribution in [0, 0.1) is 5.92 Å². The summed E-state index contributed by atoms with van der Waals surface area (Å²) in [6, 6.07) is -0.899. The number of rotatable bonds is 5. The van der Waals surface area contributed by atoms with E-state index in [1.807, 2.05) is 0 Å². The van der Waals surface area contributed by atoms with E-state index in [1.165, 1.54) is 6.33 Å². The van der Waals surface area contributed by atoms with Gasteiger partial charge in [0.05, 0.1) is 6.33 Å². The SMILES string of the molecule is O=C(NC(Cc1cnc[nH]1)C(=O)O)C1CCSC1. The van der Waals surface area contributed by atoms with Gasteiger partial charge in [0.1, 0.15) is 6.04 Å². The van der Waals surface area contributed by atoms with Crippen LogP contribution >= 0.6 is 11.8 Å². The first kappa shape index (κ1) is 12.9. The molecule has 1 aliphatic rings. The molecular formula is C11H15N3O3S. The summed E-state index contributed by atoms with van der Waals surface area (Å²) in [5, 5.41) is 11.7. The summed E-state index contributed by atoms with van der Waals surface area (Å²) in [5.41, 5.74) is 0.698.